The van der Waals surface area contributed by atoms with Gasteiger partial charge in [0.1, 0.15) is 0 Å². The van der Waals surface area contributed by atoms with Crippen LogP contribution < -0.4 is 0 Å². The number of carbonyl (C=O) groups excluding carboxylic acids is 1. The minimum atomic E-state index is -0.521. The molecule has 2 saturated carbocycles. The molecule has 3 fully saturated rings. The van der Waals surface area contributed by atoms with Crippen LogP contribution in [0.5, 0.6) is 0 Å². The van der Waals surface area contributed by atoms with E-state index in [1.54, 1.807) is 0 Å². The van der Waals surface area contributed by atoms with Gasteiger partial charge in [-0.1, -0.05) is 30.7 Å². The standard InChI is InChI=1S/C26H39NO4/c1-3-4-7-19(2)24(28)11-10-22-23-17-20(16-21(23)18-25(22)29)8-5-6-9-26(30)27-12-14-31-15-13-27/h8,10-11,19,21-25,28-29H,5-7,9,12-18H2,1-2H3/t19-,21-,22+,23-,24+,25+/m0/s1. The van der Waals surface area contributed by atoms with Crippen LogP contribution in [0, 0.1) is 35.5 Å². The third-order valence-electron chi connectivity index (χ3n) is 7.22. The molecule has 0 aromatic heterocycles. The first kappa shape index (κ1) is 24.0. The second kappa shape index (κ2) is 11.9. The first-order valence-corrected chi connectivity index (χ1v) is 12.0. The molecule has 0 radical (unpaired) electrons. The summed E-state index contributed by atoms with van der Waals surface area (Å²) < 4.78 is 5.31. The van der Waals surface area contributed by atoms with E-state index in [4.69, 9.17) is 4.74 Å². The summed E-state index contributed by atoms with van der Waals surface area (Å²) in [6.45, 7) is 6.58. The summed E-state index contributed by atoms with van der Waals surface area (Å²) in [4.78, 5) is 14.2. The third-order valence-corrected chi connectivity index (χ3v) is 7.22. The fraction of sp³-hybridized carbons (Fsp3) is 0.731. The van der Waals surface area contributed by atoms with Crippen molar-refractivity contribution in [3.63, 3.8) is 0 Å². The summed E-state index contributed by atoms with van der Waals surface area (Å²) in [7, 11) is 0. The Bertz CT molecular complexity index is 713. The van der Waals surface area contributed by atoms with Crippen molar-refractivity contribution in [1.29, 1.82) is 0 Å². The number of aliphatic hydroxyl groups excluding tert-OH is 2. The molecule has 1 saturated heterocycles. The minimum Gasteiger partial charge on any atom is -0.392 e. The molecule has 1 amide bonds. The lowest BCUT2D eigenvalue weighted by atomic mass is 9.89. The van der Waals surface area contributed by atoms with Crippen LogP contribution in [0.25, 0.3) is 0 Å². The van der Waals surface area contributed by atoms with Crippen LogP contribution in [0.15, 0.2) is 23.8 Å². The van der Waals surface area contributed by atoms with Crippen LogP contribution in [0.2, 0.25) is 0 Å². The van der Waals surface area contributed by atoms with Crippen LogP contribution in [0.3, 0.4) is 0 Å². The van der Waals surface area contributed by atoms with E-state index < -0.39 is 6.10 Å². The number of carbonyl (C=O) groups is 1. The summed E-state index contributed by atoms with van der Waals surface area (Å²) in [5.74, 6) is 7.37. The van der Waals surface area contributed by atoms with Gasteiger partial charge in [-0.15, -0.1) is 11.8 Å². The molecule has 2 N–H and O–H groups in total. The Morgan fingerprint density at radius 2 is 2.10 bits per heavy atom. The lowest BCUT2D eigenvalue weighted by Gasteiger charge is -2.26. The molecular weight excluding hydrogens is 390 g/mol. The predicted octanol–water partition coefficient (Wildman–Crippen LogP) is 3.32. The molecule has 0 aromatic carbocycles. The molecule has 3 aliphatic rings. The van der Waals surface area contributed by atoms with Crippen molar-refractivity contribution in [3.8, 4) is 11.8 Å². The molecule has 6 atom stereocenters. The highest BCUT2D eigenvalue weighted by Crippen LogP contribution is 2.50. The van der Waals surface area contributed by atoms with Gasteiger partial charge in [0.15, 0.2) is 0 Å². The molecule has 1 aliphatic heterocycles. The molecule has 172 valence electrons. The lowest BCUT2D eigenvalue weighted by molar-refractivity contribution is -0.135. The average molecular weight is 430 g/mol. The second-order valence-corrected chi connectivity index (χ2v) is 9.44. The van der Waals surface area contributed by atoms with Crippen molar-refractivity contribution in [1.82, 2.24) is 4.90 Å². The number of aliphatic hydroxyl groups is 2. The Balaban J connectivity index is 1.45. The highest BCUT2D eigenvalue weighted by Gasteiger charge is 2.45. The monoisotopic (exact) mass is 429 g/mol. The van der Waals surface area contributed by atoms with Crippen LogP contribution in [-0.2, 0) is 9.53 Å². The Labute approximate surface area is 187 Å². The number of allylic oxidation sites excluding steroid dienone is 2. The first-order chi connectivity index (χ1) is 15.0. The van der Waals surface area contributed by atoms with Gasteiger partial charge in [0.2, 0.25) is 5.91 Å². The molecular formula is C26H39NO4. The average Bonchev–Trinajstić information content (AvgIpc) is 3.30. The number of rotatable bonds is 8. The molecule has 0 bridgehead atoms. The van der Waals surface area contributed by atoms with Gasteiger partial charge < -0.3 is 19.8 Å². The van der Waals surface area contributed by atoms with Crippen molar-refractivity contribution in [2.45, 2.75) is 71.0 Å². The van der Waals surface area contributed by atoms with Gasteiger partial charge in [0.05, 0.1) is 25.4 Å². The maximum Gasteiger partial charge on any atom is 0.222 e. The maximum atomic E-state index is 12.3. The summed E-state index contributed by atoms with van der Waals surface area (Å²) in [5.41, 5.74) is 1.48. The zero-order chi connectivity index (χ0) is 22.2. The number of ether oxygens (including phenoxy) is 1. The molecule has 31 heavy (non-hydrogen) atoms. The summed E-state index contributed by atoms with van der Waals surface area (Å²) >= 11 is 0. The first-order valence-electron chi connectivity index (χ1n) is 12.0. The van der Waals surface area contributed by atoms with Gasteiger partial charge in [0, 0.05) is 31.8 Å². The fourth-order valence-corrected chi connectivity index (χ4v) is 5.29. The second-order valence-electron chi connectivity index (χ2n) is 9.44. The molecule has 1 heterocycles. The molecule has 3 rings (SSSR count). The van der Waals surface area contributed by atoms with E-state index in [0.717, 1.165) is 45.2 Å². The largest absolute Gasteiger partial charge is 0.392 e. The summed E-state index contributed by atoms with van der Waals surface area (Å²) in [6.07, 6.45) is 11.5. The Hall–Kier alpha value is -1.61. The highest BCUT2D eigenvalue weighted by molar-refractivity contribution is 5.76. The van der Waals surface area contributed by atoms with Crippen molar-refractivity contribution in [2.75, 3.05) is 26.3 Å². The zero-order valence-electron chi connectivity index (χ0n) is 19.1. The van der Waals surface area contributed by atoms with E-state index in [2.05, 4.69) is 24.0 Å². The molecule has 0 unspecified atom stereocenters. The van der Waals surface area contributed by atoms with Gasteiger partial charge >= 0.3 is 0 Å². The maximum absolute atomic E-state index is 12.3. The molecule has 5 nitrogen and oxygen atoms in total. The third kappa shape index (κ3) is 6.68. The number of unbranched alkanes of at least 4 members (excludes halogenated alkanes) is 1. The van der Waals surface area contributed by atoms with Crippen LogP contribution in [0.4, 0.5) is 0 Å². The number of fused-ring (bicyclic) bond motifs is 1. The fourth-order valence-electron chi connectivity index (χ4n) is 5.29. The van der Waals surface area contributed by atoms with E-state index in [9.17, 15) is 15.0 Å². The molecule has 0 spiro atoms. The topological polar surface area (TPSA) is 70.0 Å². The SMILES string of the molecule is CC#CC[C@H](C)[C@H](O)C=C[C@@H]1[C@H]2CC(=CCCCC(=O)N3CCOCC3)C[C@H]2C[C@H]1O. The van der Waals surface area contributed by atoms with E-state index >= 15 is 0 Å². The molecule has 2 aliphatic carbocycles. The predicted molar refractivity (Wildman–Crippen MR) is 122 cm³/mol. The molecule has 0 aromatic rings. The van der Waals surface area contributed by atoms with Crippen molar-refractivity contribution >= 4 is 5.91 Å². The van der Waals surface area contributed by atoms with E-state index in [-0.39, 0.29) is 23.8 Å². The lowest BCUT2D eigenvalue weighted by Crippen LogP contribution is -2.40. The number of amides is 1. The molecule has 5 heteroatoms. The zero-order valence-corrected chi connectivity index (χ0v) is 19.1. The Morgan fingerprint density at radius 3 is 2.84 bits per heavy atom. The van der Waals surface area contributed by atoms with Gasteiger partial charge in [0.25, 0.3) is 0 Å². The van der Waals surface area contributed by atoms with Gasteiger partial charge in [-0.25, -0.2) is 0 Å². The van der Waals surface area contributed by atoms with Crippen LogP contribution in [-0.4, -0.2) is 59.5 Å². The quantitative estimate of drug-likeness (QED) is 0.353. The van der Waals surface area contributed by atoms with Crippen molar-refractivity contribution in [2.24, 2.45) is 23.7 Å². The number of morpholine rings is 1. The van der Waals surface area contributed by atoms with Crippen molar-refractivity contribution < 1.29 is 19.7 Å². The highest BCUT2D eigenvalue weighted by atomic mass is 16.5. The Morgan fingerprint density at radius 1 is 1.32 bits per heavy atom. The van der Waals surface area contributed by atoms with Crippen LogP contribution >= 0.6 is 0 Å². The Kier molecular flexibility index (Phi) is 9.19. The smallest absolute Gasteiger partial charge is 0.222 e. The minimum absolute atomic E-state index is 0.0947. The summed E-state index contributed by atoms with van der Waals surface area (Å²) in [6, 6.07) is 0. The van der Waals surface area contributed by atoms with E-state index in [1.165, 1.54) is 5.57 Å². The van der Waals surface area contributed by atoms with Gasteiger partial charge in [-0.05, 0) is 56.8 Å². The number of hydrogen-bond acceptors (Lipinski definition) is 4. The van der Waals surface area contributed by atoms with E-state index in [1.807, 2.05) is 24.8 Å². The van der Waals surface area contributed by atoms with Crippen LogP contribution in [0.1, 0.15) is 58.8 Å². The van der Waals surface area contributed by atoms with E-state index in [0.29, 0.717) is 37.9 Å². The summed E-state index contributed by atoms with van der Waals surface area (Å²) in [5, 5.41) is 20.9. The normalized spacial score (nSPS) is 31.5. The van der Waals surface area contributed by atoms with Gasteiger partial charge in [-0.3, -0.25) is 4.79 Å². The number of nitrogens with zero attached hydrogens (tertiary/aromatic N) is 1. The number of hydrogen-bond donors (Lipinski definition) is 2. The van der Waals surface area contributed by atoms with Gasteiger partial charge in [-0.2, -0.15) is 0 Å². The van der Waals surface area contributed by atoms with Crippen molar-refractivity contribution in [3.05, 3.63) is 23.8 Å².